The van der Waals surface area contributed by atoms with Gasteiger partial charge in [-0.15, -0.1) is 0 Å². The fourth-order valence-corrected chi connectivity index (χ4v) is 3.06. The smallest absolute Gasteiger partial charge is 0.0917 e. The van der Waals surface area contributed by atoms with E-state index in [1.807, 2.05) is 30.3 Å². The molecule has 1 N–H and O–H groups in total. The van der Waals surface area contributed by atoms with Gasteiger partial charge in [-0.1, -0.05) is 30.3 Å². The third-order valence-corrected chi connectivity index (χ3v) is 4.35. The van der Waals surface area contributed by atoms with Crippen LogP contribution in [0.2, 0.25) is 0 Å². The fraction of sp³-hybridized carbons (Fsp3) is 0.375. The van der Waals surface area contributed by atoms with Gasteiger partial charge in [-0.2, -0.15) is 11.3 Å². The highest BCUT2D eigenvalue weighted by Gasteiger charge is 2.30. The molecule has 1 aromatic heterocycles. The van der Waals surface area contributed by atoms with E-state index < -0.39 is 0 Å². The summed E-state index contributed by atoms with van der Waals surface area (Å²) in [6.45, 7) is 1.68. The Hall–Kier alpha value is -1.16. The van der Waals surface area contributed by atoms with E-state index >= 15 is 0 Å². The minimum atomic E-state index is -0.388. The minimum Gasteiger partial charge on any atom is -0.387 e. The van der Waals surface area contributed by atoms with E-state index in [-0.39, 0.29) is 6.10 Å². The van der Waals surface area contributed by atoms with Gasteiger partial charge in [0.15, 0.2) is 0 Å². The highest BCUT2D eigenvalue weighted by Crippen LogP contribution is 2.30. The number of nitrogens with zero attached hydrogens (tertiary/aromatic N) is 1. The second-order valence-corrected chi connectivity index (χ2v) is 6.00. The summed E-state index contributed by atoms with van der Waals surface area (Å²) in [7, 11) is 0. The van der Waals surface area contributed by atoms with E-state index in [1.165, 1.54) is 18.4 Å². The van der Waals surface area contributed by atoms with Crippen molar-refractivity contribution in [2.75, 3.05) is 6.54 Å². The molecule has 1 heterocycles. The third-order valence-electron chi connectivity index (χ3n) is 3.62. The monoisotopic (exact) mass is 273 g/mol. The predicted molar refractivity (Wildman–Crippen MR) is 79.2 cm³/mol. The van der Waals surface area contributed by atoms with Crippen LogP contribution in [0.1, 0.15) is 30.1 Å². The molecule has 0 aliphatic heterocycles. The van der Waals surface area contributed by atoms with Gasteiger partial charge in [0.1, 0.15) is 0 Å². The lowest BCUT2D eigenvalue weighted by Gasteiger charge is -2.24. The quantitative estimate of drug-likeness (QED) is 0.871. The summed E-state index contributed by atoms with van der Waals surface area (Å²) >= 11 is 1.74. The Balaban J connectivity index is 1.65. The topological polar surface area (TPSA) is 23.5 Å². The molecule has 0 radical (unpaired) electrons. The van der Waals surface area contributed by atoms with Gasteiger partial charge in [0.25, 0.3) is 0 Å². The molecule has 0 spiro atoms. The van der Waals surface area contributed by atoms with Crippen LogP contribution >= 0.6 is 11.3 Å². The van der Waals surface area contributed by atoms with Crippen molar-refractivity contribution < 1.29 is 5.11 Å². The van der Waals surface area contributed by atoms with Gasteiger partial charge in [-0.3, -0.25) is 4.90 Å². The van der Waals surface area contributed by atoms with Gasteiger partial charge in [0.05, 0.1) is 6.10 Å². The van der Waals surface area contributed by atoms with E-state index in [9.17, 15) is 5.11 Å². The van der Waals surface area contributed by atoms with E-state index in [0.717, 1.165) is 18.7 Å². The van der Waals surface area contributed by atoms with Crippen molar-refractivity contribution in [1.29, 1.82) is 0 Å². The van der Waals surface area contributed by atoms with Gasteiger partial charge in [0.2, 0.25) is 0 Å². The number of rotatable bonds is 6. The molecule has 1 aliphatic carbocycles. The standard InChI is InChI=1S/C16H19NOS/c18-16(14-4-2-1-3-5-14)11-17(15-6-7-15)10-13-8-9-19-12-13/h1-5,8-9,12,15-16,18H,6-7,10-11H2. The molecule has 1 aromatic carbocycles. The van der Waals surface area contributed by atoms with Crippen LogP contribution in [0.5, 0.6) is 0 Å². The normalized spacial score (nSPS) is 16.7. The summed E-state index contributed by atoms with van der Waals surface area (Å²) < 4.78 is 0. The highest BCUT2D eigenvalue weighted by molar-refractivity contribution is 7.07. The molecule has 0 bridgehead atoms. The number of thiophene rings is 1. The van der Waals surface area contributed by atoms with Crippen LogP contribution in [0.15, 0.2) is 47.2 Å². The molecule has 1 fully saturated rings. The molecule has 3 heteroatoms. The van der Waals surface area contributed by atoms with Crippen LogP contribution in [0.3, 0.4) is 0 Å². The lowest BCUT2D eigenvalue weighted by Crippen LogP contribution is -2.30. The summed E-state index contributed by atoms with van der Waals surface area (Å²) in [5.41, 5.74) is 2.37. The zero-order chi connectivity index (χ0) is 13.1. The summed E-state index contributed by atoms with van der Waals surface area (Å²) in [5, 5.41) is 14.7. The second-order valence-electron chi connectivity index (χ2n) is 5.22. The Labute approximate surface area is 118 Å². The van der Waals surface area contributed by atoms with E-state index in [4.69, 9.17) is 0 Å². The second kappa shape index (κ2) is 5.87. The molecule has 1 unspecified atom stereocenters. The number of hydrogen-bond acceptors (Lipinski definition) is 3. The first-order chi connectivity index (χ1) is 9.33. The largest absolute Gasteiger partial charge is 0.387 e. The average molecular weight is 273 g/mol. The lowest BCUT2D eigenvalue weighted by atomic mass is 10.1. The van der Waals surface area contributed by atoms with Crippen molar-refractivity contribution in [3.8, 4) is 0 Å². The average Bonchev–Trinajstić information content (AvgIpc) is 3.17. The molecule has 0 amide bonds. The highest BCUT2D eigenvalue weighted by atomic mass is 32.1. The maximum Gasteiger partial charge on any atom is 0.0917 e. The summed E-state index contributed by atoms with van der Waals surface area (Å²) in [6.07, 6.45) is 2.15. The van der Waals surface area contributed by atoms with Crippen molar-refractivity contribution >= 4 is 11.3 Å². The predicted octanol–water partition coefficient (Wildman–Crippen LogP) is 3.45. The van der Waals surface area contributed by atoms with Crippen LogP contribution in [-0.4, -0.2) is 22.6 Å². The zero-order valence-electron chi connectivity index (χ0n) is 10.9. The van der Waals surface area contributed by atoms with Crippen molar-refractivity contribution in [3.63, 3.8) is 0 Å². The number of benzene rings is 1. The van der Waals surface area contributed by atoms with Crippen molar-refractivity contribution in [2.24, 2.45) is 0 Å². The van der Waals surface area contributed by atoms with Gasteiger partial charge >= 0.3 is 0 Å². The Bertz CT molecular complexity index is 493. The number of hydrogen-bond donors (Lipinski definition) is 1. The first kappa shape index (κ1) is 12.9. The van der Waals surface area contributed by atoms with E-state index in [1.54, 1.807) is 11.3 Å². The molecule has 0 saturated heterocycles. The molecule has 3 rings (SSSR count). The molecule has 1 saturated carbocycles. The van der Waals surface area contributed by atoms with Crippen LogP contribution in [-0.2, 0) is 6.54 Å². The van der Waals surface area contributed by atoms with Crippen LogP contribution in [0, 0.1) is 0 Å². The first-order valence-electron chi connectivity index (χ1n) is 6.81. The third kappa shape index (κ3) is 3.44. The summed E-state index contributed by atoms with van der Waals surface area (Å²) in [6, 6.07) is 12.8. The molecular formula is C16H19NOS. The van der Waals surface area contributed by atoms with Crippen LogP contribution < -0.4 is 0 Å². The Kier molecular flexibility index (Phi) is 3.97. The van der Waals surface area contributed by atoms with Gasteiger partial charge < -0.3 is 5.11 Å². The molecule has 1 atom stereocenters. The summed E-state index contributed by atoms with van der Waals surface area (Å²) in [5.74, 6) is 0. The Morgan fingerprint density at radius 1 is 1.21 bits per heavy atom. The fourth-order valence-electron chi connectivity index (χ4n) is 2.40. The molecule has 1 aliphatic rings. The van der Waals surface area contributed by atoms with E-state index in [0.29, 0.717) is 6.04 Å². The van der Waals surface area contributed by atoms with E-state index in [2.05, 4.69) is 21.7 Å². The van der Waals surface area contributed by atoms with Crippen LogP contribution in [0.4, 0.5) is 0 Å². The molecule has 2 aromatic rings. The maximum absolute atomic E-state index is 10.4. The molecule has 100 valence electrons. The Morgan fingerprint density at radius 2 is 2.00 bits per heavy atom. The first-order valence-corrected chi connectivity index (χ1v) is 7.75. The van der Waals surface area contributed by atoms with Gasteiger partial charge in [0, 0.05) is 19.1 Å². The van der Waals surface area contributed by atoms with Gasteiger partial charge in [-0.05, 0) is 40.8 Å². The number of aliphatic hydroxyl groups is 1. The molecular weight excluding hydrogens is 254 g/mol. The van der Waals surface area contributed by atoms with Gasteiger partial charge in [-0.25, -0.2) is 0 Å². The van der Waals surface area contributed by atoms with Crippen LogP contribution in [0.25, 0.3) is 0 Å². The zero-order valence-corrected chi connectivity index (χ0v) is 11.7. The van der Waals surface area contributed by atoms with Crippen molar-refractivity contribution in [3.05, 3.63) is 58.3 Å². The maximum atomic E-state index is 10.4. The summed E-state index contributed by atoms with van der Waals surface area (Å²) in [4.78, 5) is 2.42. The van der Waals surface area contributed by atoms with Crippen molar-refractivity contribution in [2.45, 2.75) is 31.5 Å². The minimum absolute atomic E-state index is 0.388. The Morgan fingerprint density at radius 3 is 2.63 bits per heavy atom. The van der Waals surface area contributed by atoms with Crippen molar-refractivity contribution in [1.82, 2.24) is 4.90 Å². The molecule has 2 nitrogen and oxygen atoms in total. The molecule has 19 heavy (non-hydrogen) atoms. The lowest BCUT2D eigenvalue weighted by molar-refractivity contribution is 0.104. The SMILES string of the molecule is OC(CN(Cc1ccsc1)C1CC1)c1ccccc1. The number of aliphatic hydroxyl groups excluding tert-OH is 1.